The zero-order chi connectivity index (χ0) is 23.9. The highest BCUT2D eigenvalue weighted by atomic mass is 16.7. The third-order valence-electron chi connectivity index (χ3n) is 6.71. The van der Waals surface area contributed by atoms with Crippen molar-refractivity contribution in [3.05, 3.63) is 59.7 Å². The minimum atomic E-state index is -2.09. The third-order valence-corrected chi connectivity index (χ3v) is 6.71. The Bertz CT molecular complexity index is 1210. The quantitative estimate of drug-likeness (QED) is 0.742. The van der Waals surface area contributed by atoms with Gasteiger partial charge in [-0.1, -0.05) is 42.5 Å². The topological polar surface area (TPSA) is 132 Å². The molecule has 2 aromatic carbocycles. The first-order valence-electron chi connectivity index (χ1n) is 10.3. The zero-order valence-corrected chi connectivity index (χ0v) is 18.5. The van der Waals surface area contributed by atoms with Crippen LogP contribution in [-0.2, 0) is 15.9 Å². The number of nitrogens with zero attached hydrogens (tertiary/aromatic N) is 3. The Balaban J connectivity index is 1.98. The first-order valence-corrected chi connectivity index (χ1v) is 10.3. The van der Waals surface area contributed by atoms with Crippen molar-refractivity contribution in [2.24, 2.45) is 16.7 Å². The molecule has 2 bridgehead atoms. The number of methoxy groups -OCH3 is 2. The number of ether oxygens (including phenoxy) is 4. The number of hydrogen-bond donors (Lipinski definition) is 1. The number of nitrogens with one attached hydrogen (secondary N) is 1. The van der Waals surface area contributed by atoms with Crippen molar-refractivity contribution in [2.75, 3.05) is 14.2 Å². The van der Waals surface area contributed by atoms with Crippen molar-refractivity contribution in [1.82, 2.24) is 0 Å². The van der Waals surface area contributed by atoms with Crippen molar-refractivity contribution in [2.45, 2.75) is 25.2 Å². The summed E-state index contributed by atoms with van der Waals surface area (Å²) in [7, 11) is 2.92. The number of para-hydroxylation sites is 1. The SMILES string of the molecule is COc1cccc(C2OC3(C)OC(=N)C(C#N)(C3Cc3ccccc3)C2(C#N)C#N)c1OC. The molecule has 1 N–H and O–H groups in total. The van der Waals surface area contributed by atoms with Crippen LogP contribution < -0.4 is 9.47 Å². The Hall–Kier alpha value is -4.06. The van der Waals surface area contributed by atoms with Gasteiger partial charge in [0.05, 0.1) is 38.3 Å². The van der Waals surface area contributed by atoms with E-state index in [2.05, 4.69) is 18.2 Å². The van der Waals surface area contributed by atoms with Crippen molar-refractivity contribution in [3.63, 3.8) is 0 Å². The molecule has 2 aliphatic rings. The van der Waals surface area contributed by atoms with Crippen LogP contribution >= 0.6 is 0 Å². The van der Waals surface area contributed by atoms with Gasteiger partial charge in [0.1, 0.15) is 6.10 Å². The molecular formula is C25H22N4O4. The molecule has 166 valence electrons. The van der Waals surface area contributed by atoms with Gasteiger partial charge in [-0.2, -0.15) is 15.8 Å². The Morgan fingerprint density at radius 1 is 0.970 bits per heavy atom. The van der Waals surface area contributed by atoms with Gasteiger partial charge < -0.3 is 18.9 Å². The molecule has 0 amide bonds. The van der Waals surface area contributed by atoms with E-state index < -0.39 is 34.5 Å². The van der Waals surface area contributed by atoms with E-state index >= 15 is 0 Å². The van der Waals surface area contributed by atoms with Crippen LogP contribution in [0, 0.1) is 56.2 Å². The van der Waals surface area contributed by atoms with Gasteiger partial charge in [0.2, 0.25) is 17.1 Å². The molecular weight excluding hydrogens is 420 g/mol. The van der Waals surface area contributed by atoms with E-state index in [0.29, 0.717) is 11.3 Å². The molecule has 4 rings (SSSR count). The number of nitriles is 3. The standard InChI is InChI=1S/C25H22N4O4/c1-23-19(12-16-8-5-4-6-9-16)25(15-28,22(29)33-23)24(13-26,14-27)21(32-23)17-10-7-11-18(30-2)20(17)31-3/h4-11,19,21,29H,12H2,1-3H3. The van der Waals surface area contributed by atoms with Gasteiger partial charge >= 0.3 is 0 Å². The molecule has 0 saturated carbocycles. The summed E-state index contributed by atoms with van der Waals surface area (Å²) < 4.78 is 23.2. The average Bonchev–Trinajstić information content (AvgIpc) is 3.00. The lowest BCUT2D eigenvalue weighted by atomic mass is 9.52. The van der Waals surface area contributed by atoms with Gasteiger partial charge in [-0.25, -0.2) is 0 Å². The molecule has 2 heterocycles. The van der Waals surface area contributed by atoms with Crippen LogP contribution in [0.5, 0.6) is 11.5 Å². The van der Waals surface area contributed by atoms with E-state index in [0.717, 1.165) is 5.56 Å². The van der Waals surface area contributed by atoms with E-state index in [1.165, 1.54) is 14.2 Å². The van der Waals surface area contributed by atoms with E-state index in [1.807, 2.05) is 30.3 Å². The predicted octanol–water partition coefficient (Wildman–Crippen LogP) is 3.90. The number of fused-ring (bicyclic) bond motifs is 2. The second kappa shape index (κ2) is 7.81. The van der Waals surface area contributed by atoms with Gasteiger partial charge in [-0.05, 0) is 18.1 Å². The summed E-state index contributed by atoms with van der Waals surface area (Å²) in [6, 6.07) is 20.7. The van der Waals surface area contributed by atoms with Crippen molar-refractivity contribution >= 4 is 5.90 Å². The summed E-state index contributed by atoms with van der Waals surface area (Å²) in [6.45, 7) is 1.65. The van der Waals surface area contributed by atoms with Crippen LogP contribution in [0.4, 0.5) is 0 Å². The first kappa shape index (κ1) is 22.1. The van der Waals surface area contributed by atoms with Crippen LogP contribution in [0.3, 0.4) is 0 Å². The lowest BCUT2D eigenvalue weighted by molar-refractivity contribution is -0.272. The fourth-order valence-corrected chi connectivity index (χ4v) is 5.13. The number of benzene rings is 2. The Labute approximate surface area is 192 Å². The fraction of sp³-hybridized carbons (Fsp3) is 0.360. The van der Waals surface area contributed by atoms with Gasteiger partial charge in [0.25, 0.3) is 0 Å². The average molecular weight is 442 g/mol. The molecule has 0 spiro atoms. The minimum absolute atomic E-state index is 0.278. The van der Waals surface area contributed by atoms with Crippen LogP contribution in [0.25, 0.3) is 0 Å². The van der Waals surface area contributed by atoms with E-state index in [1.54, 1.807) is 25.1 Å². The second-order valence-corrected chi connectivity index (χ2v) is 8.22. The molecule has 8 heteroatoms. The summed E-state index contributed by atoms with van der Waals surface area (Å²) in [5, 5.41) is 40.0. The Morgan fingerprint density at radius 2 is 1.67 bits per heavy atom. The molecule has 4 atom stereocenters. The smallest absolute Gasteiger partial charge is 0.215 e. The molecule has 8 nitrogen and oxygen atoms in total. The largest absolute Gasteiger partial charge is 0.493 e. The van der Waals surface area contributed by atoms with E-state index in [-0.39, 0.29) is 12.2 Å². The van der Waals surface area contributed by atoms with Crippen molar-refractivity contribution in [1.29, 1.82) is 21.2 Å². The highest BCUT2D eigenvalue weighted by Gasteiger charge is 2.79. The maximum Gasteiger partial charge on any atom is 0.215 e. The summed E-state index contributed by atoms with van der Waals surface area (Å²) in [4.78, 5) is 0. The molecule has 0 radical (unpaired) electrons. The van der Waals surface area contributed by atoms with Crippen LogP contribution in [-0.4, -0.2) is 25.9 Å². The maximum absolute atomic E-state index is 10.5. The van der Waals surface area contributed by atoms with Crippen LogP contribution in [0.15, 0.2) is 48.5 Å². The zero-order valence-electron chi connectivity index (χ0n) is 18.5. The van der Waals surface area contributed by atoms with Crippen LogP contribution in [0.1, 0.15) is 24.2 Å². The first-order chi connectivity index (χ1) is 15.9. The lowest BCUT2D eigenvalue weighted by Crippen LogP contribution is -2.59. The summed E-state index contributed by atoms with van der Waals surface area (Å²) in [5.74, 6) is -1.99. The summed E-state index contributed by atoms with van der Waals surface area (Å²) in [5.41, 5.74) is -2.73. The van der Waals surface area contributed by atoms with Gasteiger partial charge in [-0.3, -0.25) is 5.41 Å². The van der Waals surface area contributed by atoms with Crippen molar-refractivity contribution in [3.8, 4) is 29.7 Å². The third kappa shape index (κ3) is 2.80. The Kier molecular flexibility index (Phi) is 5.24. The monoisotopic (exact) mass is 442 g/mol. The normalized spacial score (nSPS) is 29.2. The maximum atomic E-state index is 10.5. The van der Waals surface area contributed by atoms with Gasteiger partial charge in [0, 0.05) is 12.5 Å². The van der Waals surface area contributed by atoms with Crippen LogP contribution in [0.2, 0.25) is 0 Å². The Morgan fingerprint density at radius 3 is 2.24 bits per heavy atom. The van der Waals surface area contributed by atoms with E-state index in [9.17, 15) is 15.8 Å². The lowest BCUT2D eigenvalue weighted by Gasteiger charge is -2.49. The number of rotatable bonds is 5. The van der Waals surface area contributed by atoms with Gasteiger partial charge in [0.15, 0.2) is 16.9 Å². The predicted molar refractivity (Wildman–Crippen MR) is 116 cm³/mol. The molecule has 2 aromatic rings. The molecule has 2 fully saturated rings. The fourth-order valence-electron chi connectivity index (χ4n) is 5.13. The second-order valence-electron chi connectivity index (χ2n) is 8.22. The molecule has 4 unspecified atom stereocenters. The minimum Gasteiger partial charge on any atom is -0.493 e. The van der Waals surface area contributed by atoms with E-state index in [4.69, 9.17) is 24.4 Å². The highest BCUT2D eigenvalue weighted by Crippen LogP contribution is 2.67. The molecule has 2 aliphatic heterocycles. The van der Waals surface area contributed by atoms with Gasteiger partial charge in [-0.15, -0.1) is 0 Å². The van der Waals surface area contributed by atoms with Crippen molar-refractivity contribution < 1.29 is 18.9 Å². The molecule has 0 aromatic heterocycles. The molecule has 2 saturated heterocycles. The highest BCUT2D eigenvalue weighted by molar-refractivity contribution is 5.89. The summed E-state index contributed by atoms with van der Waals surface area (Å²) >= 11 is 0. The number of hydrogen-bond acceptors (Lipinski definition) is 8. The molecule has 0 aliphatic carbocycles. The summed E-state index contributed by atoms with van der Waals surface area (Å²) in [6.07, 6.45) is -0.961. The molecule has 33 heavy (non-hydrogen) atoms.